The summed E-state index contributed by atoms with van der Waals surface area (Å²) in [5.74, 6) is -0.514. The van der Waals surface area contributed by atoms with Crippen LogP contribution in [0.25, 0.3) is 0 Å². The molecule has 3 rings (SSSR count). The maximum Gasteiger partial charge on any atom is 0.174 e. The van der Waals surface area contributed by atoms with Crippen molar-refractivity contribution < 1.29 is 9.18 Å². The molecule has 0 atom stereocenters. The fraction of sp³-hybridized carbons (Fsp3) is 0.188. The Morgan fingerprint density at radius 3 is 2.42 bits per heavy atom. The second kappa shape index (κ2) is 4.46. The first-order valence-electron chi connectivity index (χ1n) is 6.19. The molecule has 0 amide bonds. The van der Waals surface area contributed by atoms with E-state index in [1.165, 1.54) is 18.2 Å². The van der Waals surface area contributed by atoms with Crippen molar-refractivity contribution in [2.75, 3.05) is 0 Å². The Labute approximate surface area is 116 Å². The Morgan fingerprint density at radius 1 is 1.11 bits per heavy atom. The fourth-order valence-electron chi connectivity index (χ4n) is 2.46. The fourth-order valence-corrected chi connectivity index (χ4v) is 2.66. The minimum atomic E-state index is -0.501. The lowest BCUT2D eigenvalue weighted by atomic mass is 9.87. The molecule has 96 valence electrons. The minimum absolute atomic E-state index is 0.0804. The molecule has 0 spiro atoms. The Bertz CT molecular complexity index is 632. The lowest BCUT2D eigenvalue weighted by Crippen LogP contribution is -2.21. The van der Waals surface area contributed by atoms with E-state index < -0.39 is 11.2 Å². The molecule has 0 saturated heterocycles. The third-order valence-electron chi connectivity index (χ3n) is 3.68. The SMILES string of the molecule is O=C(c1cc(F)ccc1Cl)C1(c2ccccc2)CC1. The number of hydrogen-bond acceptors (Lipinski definition) is 1. The average molecular weight is 275 g/mol. The molecule has 0 radical (unpaired) electrons. The van der Waals surface area contributed by atoms with Gasteiger partial charge in [-0.1, -0.05) is 41.9 Å². The topological polar surface area (TPSA) is 17.1 Å². The molecule has 0 N–H and O–H groups in total. The van der Waals surface area contributed by atoms with Crippen LogP contribution in [0.4, 0.5) is 4.39 Å². The van der Waals surface area contributed by atoms with Crippen LogP contribution in [0.1, 0.15) is 28.8 Å². The molecule has 1 nitrogen and oxygen atoms in total. The highest BCUT2D eigenvalue weighted by Crippen LogP contribution is 2.51. The van der Waals surface area contributed by atoms with Gasteiger partial charge < -0.3 is 0 Å². The molecule has 1 saturated carbocycles. The first kappa shape index (κ1) is 12.4. The van der Waals surface area contributed by atoms with Crippen LogP contribution in [0, 0.1) is 5.82 Å². The van der Waals surface area contributed by atoms with E-state index in [-0.39, 0.29) is 11.3 Å². The van der Waals surface area contributed by atoms with Crippen molar-refractivity contribution in [3.05, 3.63) is 70.5 Å². The van der Waals surface area contributed by atoms with E-state index >= 15 is 0 Å². The van der Waals surface area contributed by atoms with Crippen LogP contribution in [0.5, 0.6) is 0 Å². The second-order valence-corrected chi connectivity index (χ2v) is 5.31. The number of halogens is 2. The lowest BCUT2D eigenvalue weighted by Gasteiger charge is -2.15. The molecule has 0 bridgehead atoms. The van der Waals surface area contributed by atoms with Gasteiger partial charge in [0.25, 0.3) is 0 Å². The maximum absolute atomic E-state index is 13.3. The first-order valence-corrected chi connectivity index (χ1v) is 6.57. The number of hydrogen-bond donors (Lipinski definition) is 0. The van der Waals surface area contributed by atoms with Crippen molar-refractivity contribution in [2.24, 2.45) is 0 Å². The van der Waals surface area contributed by atoms with Gasteiger partial charge in [0.15, 0.2) is 5.78 Å². The van der Waals surface area contributed by atoms with Crippen LogP contribution < -0.4 is 0 Å². The van der Waals surface area contributed by atoms with Crippen LogP contribution in [-0.4, -0.2) is 5.78 Å². The van der Waals surface area contributed by atoms with Gasteiger partial charge in [-0.25, -0.2) is 4.39 Å². The summed E-state index contributed by atoms with van der Waals surface area (Å²) in [6.45, 7) is 0. The zero-order valence-electron chi connectivity index (χ0n) is 10.2. The molecule has 3 heteroatoms. The van der Waals surface area contributed by atoms with Crippen molar-refractivity contribution in [3.8, 4) is 0 Å². The molecule has 2 aromatic rings. The largest absolute Gasteiger partial charge is 0.293 e. The van der Waals surface area contributed by atoms with Gasteiger partial charge in [0.2, 0.25) is 0 Å². The van der Waals surface area contributed by atoms with Gasteiger partial charge in [0.05, 0.1) is 10.4 Å². The molecule has 1 aliphatic rings. The summed E-state index contributed by atoms with van der Waals surface area (Å²) in [6, 6.07) is 13.6. The number of rotatable bonds is 3. The van der Waals surface area contributed by atoms with Crippen molar-refractivity contribution in [2.45, 2.75) is 18.3 Å². The van der Waals surface area contributed by atoms with Crippen LogP contribution in [0.3, 0.4) is 0 Å². The van der Waals surface area contributed by atoms with Crippen molar-refractivity contribution in [1.82, 2.24) is 0 Å². The van der Waals surface area contributed by atoms with Crippen molar-refractivity contribution in [1.29, 1.82) is 0 Å². The summed E-state index contributed by atoms with van der Waals surface area (Å²) in [5.41, 5.74) is 0.766. The number of ketones is 1. The number of benzene rings is 2. The van der Waals surface area contributed by atoms with Gasteiger partial charge in [0.1, 0.15) is 5.82 Å². The molecule has 1 fully saturated rings. The molecular formula is C16H12ClFO. The standard InChI is InChI=1S/C16H12ClFO/c17-14-7-6-12(18)10-13(14)15(19)16(8-9-16)11-4-2-1-3-5-11/h1-7,10H,8-9H2. The Kier molecular flexibility index (Phi) is 2.90. The zero-order chi connectivity index (χ0) is 13.5. The van der Waals surface area contributed by atoms with Gasteiger partial charge in [0, 0.05) is 5.56 Å². The van der Waals surface area contributed by atoms with E-state index in [1.807, 2.05) is 30.3 Å². The summed E-state index contributed by atoms with van der Waals surface area (Å²) in [6.07, 6.45) is 1.59. The van der Waals surface area contributed by atoms with Gasteiger partial charge in [-0.15, -0.1) is 0 Å². The minimum Gasteiger partial charge on any atom is -0.293 e. The van der Waals surface area contributed by atoms with Gasteiger partial charge in [-0.3, -0.25) is 4.79 Å². The van der Waals surface area contributed by atoms with Crippen LogP contribution in [0.15, 0.2) is 48.5 Å². The Hall–Kier alpha value is -1.67. The molecule has 2 aromatic carbocycles. The number of carbonyl (C=O) groups excluding carboxylic acids is 1. The second-order valence-electron chi connectivity index (χ2n) is 4.90. The number of carbonyl (C=O) groups is 1. The van der Waals surface area contributed by atoms with E-state index in [2.05, 4.69) is 0 Å². The molecule has 19 heavy (non-hydrogen) atoms. The molecule has 0 unspecified atom stereocenters. The van der Waals surface area contributed by atoms with Gasteiger partial charge in [-0.2, -0.15) is 0 Å². The summed E-state index contributed by atoms with van der Waals surface area (Å²) >= 11 is 6.02. The maximum atomic E-state index is 13.3. The normalized spacial score (nSPS) is 16.1. The van der Waals surface area contributed by atoms with Crippen LogP contribution >= 0.6 is 11.6 Å². The Balaban J connectivity index is 2.03. The van der Waals surface area contributed by atoms with E-state index in [0.717, 1.165) is 18.4 Å². The molecule has 0 aromatic heterocycles. The Morgan fingerprint density at radius 2 is 1.79 bits per heavy atom. The summed E-state index contributed by atoms with van der Waals surface area (Å²) in [5, 5.41) is 0.314. The predicted octanol–water partition coefficient (Wildman–Crippen LogP) is 4.39. The summed E-state index contributed by atoms with van der Waals surface area (Å²) in [4.78, 5) is 12.7. The highest BCUT2D eigenvalue weighted by atomic mass is 35.5. The zero-order valence-corrected chi connectivity index (χ0v) is 11.0. The van der Waals surface area contributed by atoms with E-state index in [1.54, 1.807) is 0 Å². The van der Waals surface area contributed by atoms with E-state index in [0.29, 0.717) is 5.02 Å². The summed E-state index contributed by atoms with van der Waals surface area (Å²) in [7, 11) is 0. The van der Waals surface area contributed by atoms with Crippen LogP contribution in [0.2, 0.25) is 5.02 Å². The average Bonchev–Trinajstić information content (AvgIpc) is 3.23. The third kappa shape index (κ3) is 2.06. The van der Waals surface area contributed by atoms with Gasteiger partial charge in [-0.05, 0) is 36.6 Å². The van der Waals surface area contributed by atoms with E-state index in [4.69, 9.17) is 11.6 Å². The van der Waals surface area contributed by atoms with E-state index in [9.17, 15) is 9.18 Å². The highest BCUT2D eigenvalue weighted by Gasteiger charge is 2.51. The van der Waals surface area contributed by atoms with Crippen LogP contribution in [-0.2, 0) is 5.41 Å². The molecule has 0 aliphatic heterocycles. The van der Waals surface area contributed by atoms with Crippen molar-refractivity contribution in [3.63, 3.8) is 0 Å². The lowest BCUT2D eigenvalue weighted by molar-refractivity contribution is 0.0946. The number of Topliss-reactive ketones (excluding diaryl/α,β-unsaturated/α-hetero) is 1. The highest BCUT2D eigenvalue weighted by molar-refractivity contribution is 6.34. The quantitative estimate of drug-likeness (QED) is 0.759. The van der Waals surface area contributed by atoms with Gasteiger partial charge >= 0.3 is 0 Å². The summed E-state index contributed by atoms with van der Waals surface area (Å²) < 4.78 is 13.3. The molecule has 1 aliphatic carbocycles. The van der Waals surface area contributed by atoms with Crippen molar-refractivity contribution >= 4 is 17.4 Å². The third-order valence-corrected chi connectivity index (χ3v) is 4.01. The smallest absolute Gasteiger partial charge is 0.174 e. The predicted molar refractivity (Wildman–Crippen MR) is 73.1 cm³/mol. The first-order chi connectivity index (χ1) is 9.13. The molecular weight excluding hydrogens is 263 g/mol. The monoisotopic (exact) mass is 274 g/mol. The molecule has 0 heterocycles.